The van der Waals surface area contributed by atoms with Crippen molar-refractivity contribution in [2.75, 3.05) is 0 Å². The number of aliphatic hydroxyl groups excluding tert-OH is 1. The van der Waals surface area contributed by atoms with Crippen molar-refractivity contribution in [3.05, 3.63) is 0 Å². The molecule has 90 valence electrons. The van der Waals surface area contributed by atoms with E-state index in [0.29, 0.717) is 17.6 Å². The van der Waals surface area contributed by atoms with Crippen molar-refractivity contribution in [3.63, 3.8) is 0 Å². The largest absolute Gasteiger partial charge is 0.392 e. The fourth-order valence-corrected chi connectivity index (χ4v) is 5.02. The number of carbonyl (C=O) groups is 1. The highest BCUT2D eigenvalue weighted by Gasteiger charge is 2.67. The van der Waals surface area contributed by atoms with Crippen LogP contribution in [-0.4, -0.2) is 17.0 Å². The van der Waals surface area contributed by atoms with E-state index in [1.165, 1.54) is 0 Å². The fraction of sp³-hybridized carbons (Fsp3) is 0.929. The first-order valence-corrected chi connectivity index (χ1v) is 6.61. The van der Waals surface area contributed by atoms with E-state index in [0.717, 1.165) is 25.7 Å². The van der Waals surface area contributed by atoms with Gasteiger partial charge in [-0.3, -0.25) is 4.79 Å². The van der Waals surface area contributed by atoms with Gasteiger partial charge >= 0.3 is 0 Å². The van der Waals surface area contributed by atoms with Crippen LogP contribution in [0.2, 0.25) is 0 Å². The monoisotopic (exact) mass is 222 g/mol. The maximum atomic E-state index is 12.5. The Morgan fingerprint density at radius 1 is 1.19 bits per heavy atom. The molecule has 3 fully saturated rings. The molecule has 0 aromatic rings. The number of hydrogen-bond donors (Lipinski definition) is 1. The van der Waals surface area contributed by atoms with E-state index in [1.54, 1.807) is 0 Å². The molecule has 0 aliphatic heterocycles. The Morgan fingerprint density at radius 3 is 2.56 bits per heavy atom. The molecule has 2 nitrogen and oxygen atoms in total. The normalized spacial score (nSPS) is 54.1. The molecule has 3 aliphatic carbocycles. The predicted molar refractivity (Wildman–Crippen MR) is 61.8 cm³/mol. The van der Waals surface area contributed by atoms with Crippen LogP contribution in [0.5, 0.6) is 0 Å². The molecule has 0 heterocycles. The summed E-state index contributed by atoms with van der Waals surface area (Å²) in [6, 6.07) is 0. The number of rotatable bonds is 0. The van der Waals surface area contributed by atoms with Gasteiger partial charge in [0.1, 0.15) is 5.78 Å². The molecule has 0 amide bonds. The van der Waals surface area contributed by atoms with Gasteiger partial charge in [-0.05, 0) is 49.9 Å². The van der Waals surface area contributed by atoms with Gasteiger partial charge in [0, 0.05) is 5.92 Å². The quantitative estimate of drug-likeness (QED) is 0.683. The molecule has 3 aliphatic rings. The van der Waals surface area contributed by atoms with Gasteiger partial charge in [-0.25, -0.2) is 0 Å². The summed E-state index contributed by atoms with van der Waals surface area (Å²) in [5.41, 5.74) is -0.182. The van der Waals surface area contributed by atoms with E-state index >= 15 is 0 Å². The highest BCUT2D eigenvalue weighted by Crippen LogP contribution is 2.66. The van der Waals surface area contributed by atoms with Crippen molar-refractivity contribution in [3.8, 4) is 0 Å². The van der Waals surface area contributed by atoms with Gasteiger partial charge in [-0.15, -0.1) is 0 Å². The Balaban J connectivity index is 2.13. The zero-order valence-electron chi connectivity index (χ0n) is 10.5. The first kappa shape index (κ1) is 10.8. The van der Waals surface area contributed by atoms with Crippen LogP contribution in [0.15, 0.2) is 0 Å². The van der Waals surface area contributed by atoms with Crippen molar-refractivity contribution < 1.29 is 9.90 Å². The minimum absolute atomic E-state index is 0.233. The topological polar surface area (TPSA) is 37.3 Å². The maximum Gasteiger partial charge on any atom is 0.145 e. The minimum Gasteiger partial charge on any atom is -0.392 e. The van der Waals surface area contributed by atoms with Crippen molar-refractivity contribution in [2.24, 2.45) is 28.6 Å². The predicted octanol–water partition coefficient (Wildman–Crippen LogP) is 2.40. The fourth-order valence-electron chi connectivity index (χ4n) is 5.02. The number of hydrogen-bond acceptors (Lipinski definition) is 2. The molecule has 3 saturated carbocycles. The highest BCUT2D eigenvalue weighted by molar-refractivity contribution is 5.91. The van der Waals surface area contributed by atoms with E-state index < -0.39 is 11.5 Å². The molecule has 0 spiro atoms. The zero-order chi connectivity index (χ0) is 11.7. The SMILES string of the molecule is CC1(C)CCC(O)C2(C)C(=O)C3CCC2C31. The lowest BCUT2D eigenvalue weighted by Gasteiger charge is -2.36. The van der Waals surface area contributed by atoms with Gasteiger partial charge in [-0.2, -0.15) is 0 Å². The molecular weight excluding hydrogens is 200 g/mol. The number of aliphatic hydroxyl groups is 1. The third-order valence-electron chi connectivity index (χ3n) is 5.95. The van der Waals surface area contributed by atoms with Crippen LogP contribution in [0, 0.1) is 28.6 Å². The average Bonchev–Trinajstić information content (AvgIpc) is 2.72. The molecule has 1 N–H and O–H groups in total. The van der Waals surface area contributed by atoms with Crippen molar-refractivity contribution in [1.29, 1.82) is 0 Å². The zero-order valence-corrected chi connectivity index (χ0v) is 10.5. The minimum atomic E-state index is -0.415. The Labute approximate surface area is 97.4 Å². The summed E-state index contributed by atoms with van der Waals surface area (Å²) in [6.45, 7) is 6.61. The highest BCUT2D eigenvalue weighted by atomic mass is 16.3. The van der Waals surface area contributed by atoms with Crippen molar-refractivity contribution >= 4 is 5.78 Å². The molecule has 5 atom stereocenters. The summed E-state index contributed by atoms with van der Waals surface area (Å²) in [4.78, 5) is 12.5. The van der Waals surface area contributed by atoms with Gasteiger partial charge in [0.2, 0.25) is 0 Å². The molecule has 0 aromatic carbocycles. The van der Waals surface area contributed by atoms with Gasteiger partial charge in [0.25, 0.3) is 0 Å². The van der Waals surface area contributed by atoms with E-state index in [4.69, 9.17) is 0 Å². The van der Waals surface area contributed by atoms with Crippen LogP contribution in [-0.2, 0) is 4.79 Å². The summed E-state index contributed by atoms with van der Waals surface area (Å²) >= 11 is 0. The standard InChI is InChI=1S/C14H22O2/c1-13(2)7-6-10(15)14(3)9-5-4-8(11(9)13)12(14)16/h8-11,15H,4-7H2,1-3H3. The molecule has 3 rings (SSSR count). The van der Waals surface area contributed by atoms with Crippen LogP contribution in [0.4, 0.5) is 0 Å². The van der Waals surface area contributed by atoms with Crippen molar-refractivity contribution in [2.45, 2.75) is 52.6 Å². The van der Waals surface area contributed by atoms with E-state index in [2.05, 4.69) is 13.8 Å². The lowest BCUT2D eigenvalue weighted by Crippen LogP contribution is -2.44. The first-order valence-electron chi connectivity index (χ1n) is 6.61. The first-order chi connectivity index (χ1) is 7.39. The van der Waals surface area contributed by atoms with Gasteiger partial charge in [0.15, 0.2) is 0 Å². The second-order valence-corrected chi connectivity index (χ2v) is 7.01. The maximum absolute atomic E-state index is 12.5. The van der Waals surface area contributed by atoms with E-state index in [-0.39, 0.29) is 11.3 Å². The molecule has 16 heavy (non-hydrogen) atoms. The van der Waals surface area contributed by atoms with Crippen LogP contribution >= 0.6 is 0 Å². The summed E-state index contributed by atoms with van der Waals surface area (Å²) in [6.07, 6.45) is 3.68. The van der Waals surface area contributed by atoms with Gasteiger partial charge in [-0.1, -0.05) is 13.8 Å². The lowest BCUT2D eigenvalue weighted by molar-refractivity contribution is -0.139. The third kappa shape index (κ3) is 1.000. The number of ketones is 1. The van der Waals surface area contributed by atoms with Gasteiger partial charge in [0.05, 0.1) is 11.5 Å². The third-order valence-corrected chi connectivity index (χ3v) is 5.95. The molecular formula is C14H22O2. The summed E-state index contributed by atoms with van der Waals surface area (Å²) in [7, 11) is 0. The van der Waals surface area contributed by atoms with E-state index in [9.17, 15) is 9.90 Å². The van der Waals surface area contributed by atoms with E-state index in [1.807, 2.05) is 6.92 Å². The van der Waals surface area contributed by atoms with Gasteiger partial charge < -0.3 is 5.11 Å². The Kier molecular flexibility index (Phi) is 1.95. The summed E-state index contributed by atoms with van der Waals surface area (Å²) in [5.74, 6) is 1.59. The molecule has 0 saturated heterocycles. The summed E-state index contributed by atoms with van der Waals surface area (Å²) < 4.78 is 0. The van der Waals surface area contributed by atoms with Crippen LogP contribution in [0.1, 0.15) is 46.5 Å². The lowest BCUT2D eigenvalue weighted by atomic mass is 9.69. The van der Waals surface area contributed by atoms with Crippen molar-refractivity contribution in [1.82, 2.24) is 0 Å². The molecule has 4 bridgehead atoms. The number of Topliss-reactive ketones (excluding diaryl/α,β-unsaturated/α-hetero) is 1. The Morgan fingerprint density at radius 2 is 1.88 bits per heavy atom. The Bertz CT molecular complexity index is 347. The average molecular weight is 222 g/mol. The molecule has 0 radical (unpaired) electrons. The van der Waals surface area contributed by atoms with Crippen LogP contribution in [0.3, 0.4) is 0 Å². The second-order valence-electron chi connectivity index (χ2n) is 7.01. The van der Waals surface area contributed by atoms with Crippen LogP contribution in [0.25, 0.3) is 0 Å². The number of carbonyl (C=O) groups excluding carboxylic acids is 1. The molecule has 5 unspecified atom stereocenters. The second kappa shape index (κ2) is 2.90. The summed E-state index contributed by atoms with van der Waals surface area (Å²) in [5, 5.41) is 10.3. The smallest absolute Gasteiger partial charge is 0.145 e. The molecule has 2 heteroatoms. The molecule has 0 aromatic heterocycles. The Hall–Kier alpha value is -0.370. The van der Waals surface area contributed by atoms with Crippen LogP contribution < -0.4 is 0 Å².